The molecule has 156 valence electrons. The number of hydrogen-bond acceptors (Lipinski definition) is 6. The van der Waals surface area contributed by atoms with E-state index < -0.39 is 5.41 Å². The highest BCUT2D eigenvalue weighted by atomic mass is 35.5. The van der Waals surface area contributed by atoms with Crippen LogP contribution in [0.4, 0.5) is 5.69 Å². The summed E-state index contributed by atoms with van der Waals surface area (Å²) in [5.41, 5.74) is 2.90. The van der Waals surface area contributed by atoms with E-state index in [2.05, 4.69) is 33.1 Å². The van der Waals surface area contributed by atoms with E-state index in [9.17, 15) is 15.3 Å². The largest absolute Gasteiger partial charge is 0.321 e. The highest BCUT2D eigenvalue weighted by Crippen LogP contribution is 2.25. The number of nitrogens with one attached hydrogen (secondary N) is 1. The lowest BCUT2D eigenvalue weighted by atomic mass is 9.90. The van der Waals surface area contributed by atoms with Crippen molar-refractivity contribution in [3.8, 4) is 12.1 Å². The van der Waals surface area contributed by atoms with Crippen LogP contribution in [-0.2, 0) is 5.41 Å². The van der Waals surface area contributed by atoms with Crippen molar-refractivity contribution < 1.29 is 4.79 Å². The molecular formula is C23H21ClN6O. The summed E-state index contributed by atoms with van der Waals surface area (Å²) in [5.74, 6) is -0.355. The third-order valence-electron chi connectivity index (χ3n) is 4.55. The molecule has 0 aliphatic heterocycles. The lowest BCUT2D eigenvalue weighted by Crippen LogP contribution is -2.18. The molecule has 1 amide bonds. The van der Waals surface area contributed by atoms with Crippen molar-refractivity contribution in [3.63, 3.8) is 0 Å². The third kappa shape index (κ3) is 5.63. The topological polar surface area (TPSA) is 115 Å². The Morgan fingerprint density at radius 1 is 1.32 bits per heavy atom. The van der Waals surface area contributed by atoms with Gasteiger partial charge in [0, 0.05) is 23.0 Å². The predicted octanol–water partition coefficient (Wildman–Crippen LogP) is 4.92. The second-order valence-electron chi connectivity index (χ2n) is 7.28. The number of carbonyl (C=O) groups is 1. The van der Waals surface area contributed by atoms with Crippen LogP contribution in [0, 0.1) is 29.6 Å². The number of aliphatic imine (C=N–C) groups is 1. The molecule has 0 fully saturated rings. The maximum absolute atomic E-state index is 12.7. The number of anilines is 1. The highest BCUT2D eigenvalue weighted by molar-refractivity contribution is 6.30. The number of aryl methyl sites for hydroxylation is 1. The van der Waals surface area contributed by atoms with Gasteiger partial charge < -0.3 is 5.32 Å². The van der Waals surface area contributed by atoms with Gasteiger partial charge in [-0.15, -0.1) is 0 Å². The van der Waals surface area contributed by atoms with E-state index in [-0.39, 0.29) is 16.6 Å². The fraction of sp³-hybridized carbons (Fsp3) is 0.217. The predicted molar refractivity (Wildman–Crippen MR) is 121 cm³/mol. The van der Waals surface area contributed by atoms with E-state index in [1.54, 1.807) is 51.2 Å². The summed E-state index contributed by atoms with van der Waals surface area (Å²) in [6.45, 7) is 10.4. The average Bonchev–Trinajstić information content (AvgIpc) is 2.77. The molecule has 0 bridgehead atoms. The zero-order valence-electron chi connectivity index (χ0n) is 17.7. The number of amides is 1. The number of halogens is 1. The number of nitriles is 2. The molecule has 0 aliphatic carbocycles. The monoisotopic (exact) mass is 432 g/mol. The van der Waals surface area contributed by atoms with E-state index in [4.69, 9.17) is 11.6 Å². The van der Waals surface area contributed by atoms with E-state index >= 15 is 0 Å². The van der Waals surface area contributed by atoms with Crippen LogP contribution in [0.15, 0.2) is 52.4 Å². The van der Waals surface area contributed by atoms with E-state index in [0.717, 1.165) is 11.1 Å². The number of hydrogen-bond donors (Lipinski definition) is 1. The molecule has 2 aromatic heterocycles. The number of aromatic nitrogens is 2. The molecule has 0 radical (unpaired) electrons. The van der Waals surface area contributed by atoms with Gasteiger partial charge in [-0.3, -0.25) is 19.8 Å². The summed E-state index contributed by atoms with van der Waals surface area (Å²) in [7, 11) is 0. The Bertz CT molecular complexity index is 1180. The second-order valence-corrected chi connectivity index (χ2v) is 7.64. The number of nitrogens with zero attached hydrogens (tertiary/aromatic N) is 5. The van der Waals surface area contributed by atoms with Gasteiger partial charge in [-0.05, 0) is 64.3 Å². The van der Waals surface area contributed by atoms with Gasteiger partial charge in [0.25, 0.3) is 5.91 Å². The molecule has 31 heavy (non-hydrogen) atoms. The van der Waals surface area contributed by atoms with E-state index in [1.165, 1.54) is 6.20 Å². The van der Waals surface area contributed by atoms with Gasteiger partial charge in [-0.1, -0.05) is 11.6 Å². The van der Waals surface area contributed by atoms with Crippen molar-refractivity contribution in [1.29, 1.82) is 10.5 Å². The fourth-order valence-corrected chi connectivity index (χ4v) is 2.79. The molecule has 2 heterocycles. The van der Waals surface area contributed by atoms with Gasteiger partial charge in [0.1, 0.15) is 11.2 Å². The Hall–Kier alpha value is -3.81. The van der Waals surface area contributed by atoms with Gasteiger partial charge >= 0.3 is 0 Å². The Labute approximate surface area is 186 Å². The van der Waals surface area contributed by atoms with Crippen LogP contribution in [0.2, 0.25) is 0 Å². The third-order valence-corrected chi connectivity index (χ3v) is 4.88. The molecule has 0 unspecified atom stereocenters. The van der Waals surface area contributed by atoms with Crippen molar-refractivity contribution in [1.82, 2.24) is 9.97 Å². The van der Waals surface area contributed by atoms with Crippen molar-refractivity contribution in [2.75, 3.05) is 5.32 Å². The molecule has 2 rings (SSSR count). The van der Waals surface area contributed by atoms with Crippen molar-refractivity contribution in [2.45, 2.75) is 33.1 Å². The van der Waals surface area contributed by atoms with Crippen LogP contribution in [0.3, 0.4) is 0 Å². The first-order chi connectivity index (χ1) is 14.6. The minimum Gasteiger partial charge on any atom is -0.321 e. The van der Waals surface area contributed by atoms with E-state index in [0.29, 0.717) is 22.6 Å². The zero-order valence-corrected chi connectivity index (χ0v) is 18.4. The summed E-state index contributed by atoms with van der Waals surface area (Å²) >= 11 is 5.91. The molecular weight excluding hydrogens is 412 g/mol. The summed E-state index contributed by atoms with van der Waals surface area (Å²) in [4.78, 5) is 24.9. The number of rotatable bonds is 6. The van der Waals surface area contributed by atoms with Gasteiger partial charge in [-0.25, -0.2) is 0 Å². The summed E-state index contributed by atoms with van der Waals surface area (Å²) < 4.78 is 0. The van der Waals surface area contributed by atoms with Gasteiger partial charge in [0.2, 0.25) is 0 Å². The summed E-state index contributed by atoms with van der Waals surface area (Å²) in [5, 5.41) is 21.4. The molecule has 0 spiro atoms. The molecule has 0 aliphatic rings. The normalized spacial score (nSPS) is 12.3. The maximum atomic E-state index is 12.7. The number of pyridine rings is 2. The van der Waals surface area contributed by atoms with Crippen LogP contribution in [0.5, 0.6) is 0 Å². The first kappa shape index (κ1) is 23.5. The summed E-state index contributed by atoms with van der Waals surface area (Å²) in [6, 6.07) is 9.09. The minimum absolute atomic E-state index is 0.00528. The Morgan fingerprint density at radius 3 is 2.65 bits per heavy atom. The first-order valence-electron chi connectivity index (χ1n) is 9.24. The molecule has 0 saturated heterocycles. The molecule has 7 nitrogen and oxygen atoms in total. The zero-order chi connectivity index (χ0) is 23.2. The minimum atomic E-state index is -0.815. The molecule has 2 aromatic rings. The van der Waals surface area contributed by atoms with Crippen LogP contribution < -0.4 is 5.32 Å². The van der Waals surface area contributed by atoms with Crippen LogP contribution in [0.25, 0.3) is 5.57 Å². The van der Waals surface area contributed by atoms with Crippen molar-refractivity contribution in [3.05, 3.63) is 69.9 Å². The standard InChI is InChI=1S/C23H21ClN6O/c1-14(8-17(11-25)21(24)27-5)19-10-18(12-29-15(19)2)30-22(31)16-6-7-28-20(9-16)23(3,4)13-26/h6-10,12H,5H2,1-4H3,(H,30,31)/b14-8+,21-17+. The Balaban J connectivity index is 2.36. The molecule has 1 N–H and O–H groups in total. The van der Waals surface area contributed by atoms with Gasteiger partial charge in [-0.2, -0.15) is 10.5 Å². The van der Waals surface area contributed by atoms with Crippen molar-refractivity contribution in [2.24, 2.45) is 4.99 Å². The highest BCUT2D eigenvalue weighted by Gasteiger charge is 2.22. The van der Waals surface area contributed by atoms with Gasteiger partial charge in [0.15, 0.2) is 0 Å². The molecule has 0 saturated carbocycles. The summed E-state index contributed by atoms with van der Waals surface area (Å²) in [6.07, 6.45) is 4.64. The van der Waals surface area contributed by atoms with E-state index in [1.807, 2.05) is 13.0 Å². The SMILES string of the molecule is C=N/C(Cl)=C(C#N)\C=C(/C)c1cc(NC(=O)c2ccnc(C(C)(C)C#N)c2)cnc1C. The molecule has 0 aromatic carbocycles. The maximum Gasteiger partial charge on any atom is 0.255 e. The second kappa shape index (κ2) is 9.80. The van der Waals surface area contributed by atoms with Crippen LogP contribution >= 0.6 is 11.6 Å². The first-order valence-corrected chi connectivity index (χ1v) is 9.61. The smallest absolute Gasteiger partial charge is 0.255 e. The number of carbonyl (C=O) groups excluding carboxylic acids is 1. The van der Waals surface area contributed by atoms with Crippen LogP contribution in [-0.4, -0.2) is 22.6 Å². The van der Waals surface area contributed by atoms with Crippen LogP contribution in [0.1, 0.15) is 48.1 Å². The van der Waals surface area contributed by atoms with Crippen molar-refractivity contribution >= 4 is 35.5 Å². The lowest BCUT2D eigenvalue weighted by Gasteiger charge is -2.15. The fourth-order valence-electron chi connectivity index (χ4n) is 2.69. The Kier molecular flexibility index (Phi) is 7.42. The molecule has 0 atom stereocenters. The average molecular weight is 433 g/mol. The quantitative estimate of drug-likeness (QED) is 0.301. The number of allylic oxidation sites excluding steroid dienone is 3. The lowest BCUT2D eigenvalue weighted by molar-refractivity contribution is 0.102. The molecule has 8 heteroatoms. The Morgan fingerprint density at radius 2 is 2.03 bits per heavy atom. The van der Waals surface area contributed by atoms with Gasteiger partial charge in [0.05, 0.1) is 34.6 Å².